The molecule has 0 atom stereocenters. The Kier molecular flexibility index (Phi) is 6.86. The molecule has 0 aliphatic heterocycles. The lowest BCUT2D eigenvalue weighted by Gasteiger charge is -2.28. The highest BCUT2D eigenvalue weighted by Gasteiger charge is 2.23. The molecule has 0 bridgehead atoms. The Morgan fingerprint density at radius 3 is 2.58 bits per heavy atom. The maximum atomic E-state index is 14.2. The number of aromatic amines is 1. The number of fused-ring (bicyclic) bond motifs is 1. The van der Waals surface area contributed by atoms with Crippen molar-refractivity contribution in [2.24, 2.45) is 0 Å². The molecule has 0 saturated heterocycles. The van der Waals surface area contributed by atoms with Crippen LogP contribution in [0.15, 0.2) is 41.2 Å². The Balaban J connectivity index is 1.91. The van der Waals surface area contributed by atoms with Crippen LogP contribution < -0.4 is 5.56 Å². The van der Waals surface area contributed by atoms with Gasteiger partial charge in [0, 0.05) is 24.5 Å². The van der Waals surface area contributed by atoms with Crippen LogP contribution in [-0.2, 0) is 17.7 Å². The highest BCUT2D eigenvalue weighted by Crippen LogP contribution is 2.26. The van der Waals surface area contributed by atoms with E-state index in [0.29, 0.717) is 34.7 Å². The van der Waals surface area contributed by atoms with Crippen LogP contribution in [0.3, 0.4) is 0 Å². The SMILES string of the molecule is Cc1cc(C=O)c(F)cc1CN(CCc1ccc(O)c2[nH]c(=O)ccc12)C(=O)OC(C)(C)C. The molecule has 0 radical (unpaired) electrons. The van der Waals surface area contributed by atoms with Crippen LogP contribution in [0.5, 0.6) is 5.75 Å². The van der Waals surface area contributed by atoms with Crippen molar-refractivity contribution in [1.29, 1.82) is 0 Å². The summed E-state index contributed by atoms with van der Waals surface area (Å²) in [6.07, 6.45) is 0.298. The highest BCUT2D eigenvalue weighted by atomic mass is 19.1. The summed E-state index contributed by atoms with van der Waals surface area (Å²) in [4.78, 5) is 39.7. The molecule has 0 spiro atoms. The van der Waals surface area contributed by atoms with Crippen molar-refractivity contribution in [3.05, 3.63) is 74.8 Å². The van der Waals surface area contributed by atoms with Crippen molar-refractivity contribution in [3.8, 4) is 5.75 Å². The molecular formula is C25H27FN2O5. The van der Waals surface area contributed by atoms with Crippen molar-refractivity contribution in [3.63, 3.8) is 0 Å². The number of hydrogen-bond donors (Lipinski definition) is 2. The molecule has 1 amide bonds. The number of pyridine rings is 1. The second-order valence-electron chi connectivity index (χ2n) is 8.93. The van der Waals surface area contributed by atoms with E-state index in [-0.39, 0.29) is 30.0 Å². The molecule has 174 valence electrons. The number of nitrogens with zero attached hydrogens (tertiary/aromatic N) is 1. The predicted molar refractivity (Wildman–Crippen MR) is 123 cm³/mol. The molecule has 33 heavy (non-hydrogen) atoms. The Bertz CT molecular complexity index is 1260. The minimum atomic E-state index is -0.721. The van der Waals surface area contributed by atoms with Gasteiger partial charge in [0.25, 0.3) is 0 Å². The number of phenolic OH excluding ortho intramolecular Hbond substituents is 1. The molecule has 2 N–H and O–H groups in total. The van der Waals surface area contributed by atoms with Gasteiger partial charge in [-0.2, -0.15) is 0 Å². The molecule has 0 saturated carbocycles. The van der Waals surface area contributed by atoms with E-state index in [1.54, 1.807) is 39.8 Å². The molecule has 0 aliphatic rings. The van der Waals surface area contributed by atoms with E-state index in [1.165, 1.54) is 29.2 Å². The van der Waals surface area contributed by atoms with E-state index < -0.39 is 17.5 Å². The normalized spacial score (nSPS) is 11.4. The van der Waals surface area contributed by atoms with Crippen LogP contribution in [0.4, 0.5) is 9.18 Å². The van der Waals surface area contributed by atoms with Gasteiger partial charge >= 0.3 is 6.09 Å². The number of aromatic nitrogens is 1. The van der Waals surface area contributed by atoms with Crippen LogP contribution in [0.2, 0.25) is 0 Å². The van der Waals surface area contributed by atoms with Crippen LogP contribution in [0.25, 0.3) is 10.9 Å². The number of halogens is 1. The molecule has 0 aliphatic carbocycles. The van der Waals surface area contributed by atoms with E-state index >= 15 is 0 Å². The van der Waals surface area contributed by atoms with Crippen molar-refractivity contribution < 1.29 is 23.8 Å². The Hall–Kier alpha value is -3.68. The predicted octanol–water partition coefficient (Wildman–Crippen LogP) is 4.47. The van der Waals surface area contributed by atoms with Crippen LogP contribution in [0, 0.1) is 12.7 Å². The Labute approximate surface area is 190 Å². The first-order valence-corrected chi connectivity index (χ1v) is 10.5. The van der Waals surface area contributed by atoms with Crippen molar-refractivity contribution in [1.82, 2.24) is 9.88 Å². The van der Waals surface area contributed by atoms with Crippen molar-refractivity contribution in [2.45, 2.75) is 46.3 Å². The van der Waals surface area contributed by atoms with E-state index in [0.717, 1.165) is 5.56 Å². The number of aromatic hydroxyl groups is 1. The third-order valence-electron chi connectivity index (χ3n) is 5.21. The molecular weight excluding hydrogens is 427 g/mol. The summed E-state index contributed by atoms with van der Waals surface area (Å²) >= 11 is 0. The van der Waals surface area contributed by atoms with Gasteiger partial charge in [-0.15, -0.1) is 0 Å². The van der Waals surface area contributed by atoms with Gasteiger partial charge in [-0.25, -0.2) is 9.18 Å². The number of carbonyl (C=O) groups is 2. The molecule has 3 rings (SSSR count). The molecule has 1 heterocycles. The number of phenols is 1. The van der Waals surface area contributed by atoms with Gasteiger partial charge < -0.3 is 19.7 Å². The summed E-state index contributed by atoms with van der Waals surface area (Å²) < 4.78 is 19.8. The minimum Gasteiger partial charge on any atom is -0.506 e. The monoisotopic (exact) mass is 454 g/mol. The lowest BCUT2D eigenvalue weighted by molar-refractivity contribution is 0.0235. The quantitative estimate of drug-likeness (QED) is 0.535. The van der Waals surface area contributed by atoms with E-state index in [2.05, 4.69) is 4.98 Å². The smallest absolute Gasteiger partial charge is 0.410 e. The van der Waals surface area contributed by atoms with Gasteiger partial charge in [0.15, 0.2) is 6.29 Å². The molecule has 0 fully saturated rings. The molecule has 7 nitrogen and oxygen atoms in total. The summed E-state index contributed by atoms with van der Waals surface area (Å²) in [5, 5.41) is 10.8. The average molecular weight is 454 g/mol. The van der Waals surface area contributed by atoms with Crippen LogP contribution in [0.1, 0.15) is 47.8 Å². The third-order valence-corrected chi connectivity index (χ3v) is 5.21. The number of H-pyrrole nitrogens is 1. The van der Waals surface area contributed by atoms with Gasteiger partial charge in [-0.1, -0.05) is 6.07 Å². The second kappa shape index (κ2) is 9.44. The minimum absolute atomic E-state index is 0.0374. The number of carbonyl (C=O) groups excluding carboxylic acids is 2. The van der Waals surface area contributed by atoms with Gasteiger partial charge in [-0.05, 0) is 75.1 Å². The summed E-state index contributed by atoms with van der Waals surface area (Å²) in [6.45, 7) is 7.36. The summed E-state index contributed by atoms with van der Waals surface area (Å²) in [6, 6.07) is 8.93. The fraction of sp³-hybridized carbons (Fsp3) is 0.320. The number of benzene rings is 2. The topological polar surface area (TPSA) is 99.7 Å². The Morgan fingerprint density at radius 2 is 1.91 bits per heavy atom. The van der Waals surface area contributed by atoms with Crippen LogP contribution >= 0.6 is 0 Å². The lowest BCUT2D eigenvalue weighted by Crippen LogP contribution is -2.37. The van der Waals surface area contributed by atoms with Crippen molar-refractivity contribution in [2.75, 3.05) is 6.54 Å². The van der Waals surface area contributed by atoms with Gasteiger partial charge in [0.1, 0.15) is 17.2 Å². The zero-order valence-corrected chi connectivity index (χ0v) is 19.1. The number of rotatable bonds is 6. The summed E-state index contributed by atoms with van der Waals surface area (Å²) in [5.74, 6) is -0.694. The molecule has 2 aromatic carbocycles. The Morgan fingerprint density at radius 1 is 1.18 bits per heavy atom. The average Bonchev–Trinajstić information content (AvgIpc) is 2.73. The van der Waals surface area contributed by atoms with E-state index in [1.807, 2.05) is 0 Å². The molecule has 3 aromatic rings. The van der Waals surface area contributed by atoms with E-state index in [9.17, 15) is 23.9 Å². The summed E-state index contributed by atoms with van der Waals surface area (Å²) in [5.41, 5.74) is 1.29. The number of amides is 1. The zero-order chi connectivity index (χ0) is 24.3. The first-order chi connectivity index (χ1) is 15.5. The zero-order valence-electron chi connectivity index (χ0n) is 19.1. The fourth-order valence-corrected chi connectivity index (χ4v) is 3.54. The second-order valence-corrected chi connectivity index (χ2v) is 8.93. The first-order valence-electron chi connectivity index (χ1n) is 10.5. The lowest BCUT2D eigenvalue weighted by atomic mass is 10.0. The maximum Gasteiger partial charge on any atom is 0.410 e. The first kappa shape index (κ1) is 24.0. The van der Waals surface area contributed by atoms with Gasteiger partial charge in [0.05, 0.1) is 11.1 Å². The molecule has 8 heteroatoms. The number of ether oxygens (including phenoxy) is 1. The van der Waals surface area contributed by atoms with Gasteiger partial charge in [0.2, 0.25) is 5.56 Å². The van der Waals surface area contributed by atoms with Crippen molar-refractivity contribution >= 4 is 23.3 Å². The molecule has 0 unspecified atom stereocenters. The number of aryl methyl sites for hydroxylation is 1. The number of nitrogens with one attached hydrogen (secondary N) is 1. The number of aldehydes is 1. The third kappa shape index (κ3) is 5.77. The van der Waals surface area contributed by atoms with Crippen LogP contribution in [-0.4, -0.2) is 39.5 Å². The number of hydrogen-bond acceptors (Lipinski definition) is 5. The summed E-state index contributed by atoms with van der Waals surface area (Å²) in [7, 11) is 0. The molecule has 1 aromatic heterocycles. The van der Waals surface area contributed by atoms with Gasteiger partial charge in [-0.3, -0.25) is 9.59 Å². The van der Waals surface area contributed by atoms with E-state index in [4.69, 9.17) is 4.74 Å². The standard InChI is InChI=1S/C25H27FN2O5/c1-15-11-18(14-29)20(26)12-17(15)13-28(24(32)33-25(2,3)4)10-9-16-5-7-21(30)23-19(16)6-8-22(31)27-23/h5-8,11-12,14,30H,9-10,13H2,1-4H3,(H,27,31). The fourth-order valence-electron chi connectivity index (χ4n) is 3.54. The largest absolute Gasteiger partial charge is 0.506 e. The highest BCUT2D eigenvalue weighted by molar-refractivity contribution is 5.87. The maximum absolute atomic E-state index is 14.2.